The maximum Gasteiger partial charge on any atom is 0.350 e. The Kier molecular flexibility index (Phi) is 4.12. The molecule has 0 spiro atoms. The van der Waals surface area contributed by atoms with E-state index in [9.17, 15) is 19.2 Å². The summed E-state index contributed by atoms with van der Waals surface area (Å²) >= 11 is 0. The average molecular weight is 302 g/mol. The normalized spacial score (nSPS) is 33.9. The fraction of sp³-hybridized carbons (Fsp3) is 0.667. The lowest BCUT2D eigenvalue weighted by molar-refractivity contribution is -0.205. The maximum atomic E-state index is 11.7. The molecule has 0 N–H and O–H groups in total. The highest BCUT2D eigenvalue weighted by Gasteiger charge is 2.61. The van der Waals surface area contributed by atoms with Gasteiger partial charge in [0, 0.05) is 20.8 Å². The minimum atomic E-state index is -1.29. The number of hydrogen-bond donors (Lipinski definition) is 0. The number of hydrogen-bond acceptors (Lipinski definition) is 9. The van der Waals surface area contributed by atoms with Gasteiger partial charge in [0.15, 0.2) is 12.2 Å². The minimum absolute atomic E-state index is 0.659. The van der Waals surface area contributed by atoms with E-state index in [1.807, 2.05) is 0 Å². The van der Waals surface area contributed by atoms with Crippen LogP contribution >= 0.6 is 0 Å². The van der Waals surface area contributed by atoms with Crippen LogP contribution in [0.25, 0.3) is 0 Å². The average Bonchev–Trinajstić information content (AvgIpc) is 2.78. The van der Waals surface area contributed by atoms with Crippen LogP contribution in [-0.4, -0.2) is 54.6 Å². The van der Waals surface area contributed by atoms with E-state index < -0.39 is 54.6 Å². The Morgan fingerprint density at radius 3 is 2.00 bits per heavy atom. The Labute approximate surface area is 119 Å². The van der Waals surface area contributed by atoms with Gasteiger partial charge in [0.1, 0.15) is 0 Å². The molecule has 0 saturated carbocycles. The molecule has 2 aliphatic rings. The van der Waals surface area contributed by atoms with Gasteiger partial charge in [-0.05, 0) is 0 Å². The van der Waals surface area contributed by atoms with Crippen LogP contribution in [0.5, 0.6) is 0 Å². The van der Waals surface area contributed by atoms with Crippen LogP contribution in [0.3, 0.4) is 0 Å². The Balaban J connectivity index is 2.19. The van der Waals surface area contributed by atoms with Crippen molar-refractivity contribution in [2.24, 2.45) is 0 Å². The molecule has 9 heteroatoms. The lowest BCUT2D eigenvalue weighted by atomic mass is 10.1. The Morgan fingerprint density at radius 2 is 1.48 bits per heavy atom. The first-order chi connectivity index (χ1) is 9.79. The second-order valence-electron chi connectivity index (χ2n) is 4.58. The summed E-state index contributed by atoms with van der Waals surface area (Å²) in [5.74, 6) is -2.82. The summed E-state index contributed by atoms with van der Waals surface area (Å²) in [5.41, 5.74) is 0. The van der Waals surface area contributed by atoms with E-state index >= 15 is 0 Å². The molecule has 0 unspecified atom stereocenters. The van der Waals surface area contributed by atoms with Crippen LogP contribution in [0.2, 0.25) is 0 Å². The fourth-order valence-electron chi connectivity index (χ4n) is 2.23. The number of carbonyl (C=O) groups is 4. The molecule has 0 aliphatic carbocycles. The minimum Gasteiger partial charge on any atom is -0.452 e. The molecule has 9 nitrogen and oxygen atoms in total. The van der Waals surface area contributed by atoms with Crippen molar-refractivity contribution in [2.75, 3.05) is 0 Å². The van der Waals surface area contributed by atoms with Gasteiger partial charge in [0.05, 0.1) is 0 Å². The van der Waals surface area contributed by atoms with Crippen LogP contribution in [0.4, 0.5) is 0 Å². The van der Waals surface area contributed by atoms with E-state index in [4.69, 9.17) is 23.7 Å². The second-order valence-corrected chi connectivity index (χ2v) is 4.58. The zero-order valence-corrected chi connectivity index (χ0v) is 11.6. The summed E-state index contributed by atoms with van der Waals surface area (Å²) in [7, 11) is 0. The van der Waals surface area contributed by atoms with Gasteiger partial charge in [-0.3, -0.25) is 14.4 Å². The predicted molar refractivity (Wildman–Crippen MR) is 61.4 cm³/mol. The largest absolute Gasteiger partial charge is 0.452 e. The Morgan fingerprint density at radius 1 is 0.905 bits per heavy atom. The number of carbonyl (C=O) groups excluding carboxylic acids is 4. The quantitative estimate of drug-likeness (QED) is 0.481. The molecule has 0 aromatic carbocycles. The summed E-state index contributed by atoms with van der Waals surface area (Å²) in [6.45, 7) is 3.43. The number of esters is 4. The zero-order valence-electron chi connectivity index (χ0n) is 11.6. The molecule has 2 aliphatic heterocycles. The van der Waals surface area contributed by atoms with Crippen molar-refractivity contribution in [1.82, 2.24) is 0 Å². The molecule has 116 valence electrons. The SMILES string of the molecule is CC(=O)O[C@@H]1O[C@H]2[C@H](OC(=O)[C@@H]2OC(C)=O)[C@H]1OC(C)=O. The van der Waals surface area contributed by atoms with Crippen LogP contribution in [-0.2, 0) is 42.9 Å². The van der Waals surface area contributed by atoms with Crippen molar-refractivity contribution < 1.29 is 42.9 Å². The van der Waals surface area contributed by atoms with Crippen molar-refractivity contribution in [2.45, 2.75) is 51.5 Å². The molecule has 0 radical (unpaired) electrons. The van der Waals surface area contributed by atoms with Crippen LogP contribution in [0, 0.1) is 0 Å². The molecule has 2 saturated heterocycles. The first-order valence-electron chi connectivity index (χ1n) is 6.17. The first-order valence-corrected chi connectivity index (χ1v) is 6.17. The number of rotatable bonds is 3. The molecule has 2 heterocycles. The second kappa shape index (κ2) is 5.68. The van der Waals surface area contributed by atoms with Gasteiger partial charge < -0.3 is 23.7 Å². The van der Waals surface area contributed by atoms with Crippen molar-refractivity contribution in [1.29, 1.82) is 0 Å². The van der Waals surface area contributed by atoms with E-state index in [1.165, 1.54) is 0 Å². The number of ether oxygens (including phenoxy) is 5. The summed E-state index contributed by atoms with van der Waals surface area (Å²) in [6, 6.07) is 0. The molecule has 0 amide bonds. The van der Waals surface area contributed by atoms with Gasteiger partial charge in [-0.1, -0.05) is 0 Å². The molecule has 21 heavy (non-hydrogen) atoms. The standard InChI is InChI=1S/C12H14O9/c1-4(13)17-9-7-8(20-11(9)16)10(18-5(2)14)12(21-7)19-6(3)15/h7-10,12H,1-3H3/t7-,8-,9+,10+,12+/m0/s1. The summed E-state index contributed by atoms with van der Waals surface area (Å²) in [5, 5.41) is 0. The molecule has 0 aromatic rings. The predicted octanol–water partition coefficient (Wildman–Crippen LogP) is -0.937. The highest BCUT2D eigenvalue weighted by molar-refractivity contribution is 5.82. The van der Waals surface area contributed by atoms with Gasteiger partial charge in [0.2, 0.25) is 18.5 Å². The molecule has 5 atom stereocenters. The van der Waals surface area contributed by atoms with Gasteiger partial charge in [0.25, 0.3) is 0 Å². The smallest absolute Gasteiger partial charge is 0.350 e. The van der Waals surface area contributed by atoms with Gasteiger partial charge in [-0.2, -0.15) is 0 Å². The number of fused-ring (bicyclic) bond motifs is 1. The van der Waals surface area contributed by atoms with Gasteiger partial charge in [-0.25, -0.2) is 4.79 Å². The lowest BCUT2D eigenvalue weighted by Gasteiger charge is -2.20. The Hall–Kier alpha value is -2.16. The fourth-order valence-corrected chi connectivity index (χ4v) is 2.23. The topological polar surface area (TPSA) is 114 Å². The molecule has 2 rings (SSSR count). The van der Waals surface area contributed by atoms with Crippen LogP contribution in [0.15, 0.2) is 0 Å². The van der Waals surface area contributed by atoms with Crippen molar-refractivity contribution >= 4 is 23.9 Å². The van der Waals surface area contributed by atoms with Crippen molar-refractivity contribution in [3.8, 4) is 0 Å². The van der Waals surface area contributed by atoms with Crippen molar-refractivity contribution in [3.63, 3.8) is 0 Å². The monoisotopic (exact) mass is 302 g/mol. The third-order valence-corrected chi connectivity index (χ3v) is 2.87. The third kappa shape index (κ3) is 3.13. The summed E-state index contributed by atoms with van der Waals surface area (Å²) in [4.78, 5) is 44.8. The molecule has 0 bridgehead atoms. The molecular weight excluding hydrogens is 288 g/mol. The maximum absolute atomic E-state index is 11.7. The van der Waals surface area contributed by atoms with Crippen LogP contribution in [0.1, 0.15) is 20.8 Å². The highest BCUT2D eigenvalue weighted by Crippen LogP contribution is 2.35. The zero-order chi connectivity index (χ0) is 15.7. The third-order valence-electron chi connectivity index (χ3n) is 2.87. The summed E-state index contributed by atoms with van der Waals surface area (Å²) in [6.07, 6.45) is -5.63. The van der Waals surface area contributed by atoms with Gasteiger partial charge >= 0.3 is 23.9 Å². The lowest BCUT2D eigenvalue weighted by Crippen LogP contribution is -2.38. The first kappa shape index (κ1) is 15.2. The molecule has 2 fully saturated rings. The van der Waals surface area contributed by atoms with E-state index in [-0.39, 0.29) is 0 Å². The Bertz CT molecular complexity index is 485. The van der Waals surface area contributed by atoms with E-state index in [0.717, 1.165) is 20.8 Å². The van der Waals surface area contributed by atoms with Gasteiger partial charge in [-0.15, -0.1) is 0 Å². The molecular formula is C12H14O9. The van der Waals surface area contributed by atoms with Crippen LogP contribution < -0.4 is 0 Å². The van der Waals surface area contributed by atoms with E-state index in [2.05, 4.69) is 0 Å². The van der Waals surface area contributed by atoms with Crippen molar-refractivity contribution in [3.05, 3.63) is 0 Å². The summed E-state index contributed by atoms with van der Waals surface area (Å²) < 4.78 is 25.1. The van der Waals surface area contributed by atoms with E-state index in [1.54, 1.807) is 0 Å². The molecule has 0 aromatic heterocycles. The highest BCUT2D eigenvalue weighted by atomic mass is 16.8. The van der Waals surface area contributed by atoms with E-state index in [0.29, 0.717) is 0 Å².